The summed E-state index contributed by atoms with van der Waals surface area (Å²) in [6, 6.07) is 12.0. The van der Waals surface area contributed by atoms with Crippen LogP contribution >= 0.6 is 0 Å². The summed E-state index contributed by atoms with van der Waals surface area (Å²) >= 11 is 0. The fourth-order valence-electron chi connectivity index (χ4n) is 2.60. The molecule has 0 fully saturated rings. The Morgan fingerprint density at radius 3 is 2.43 bits per heavy atom. The summed E-state index contributed by atoms with van der Waals surface area (Å²) in [4.78, 5) is 13.5. The zero-order valence-corrected chi connectivity index (χ0v) is 17.5. The van der Waals surface area contributed by atoms with Crippen molar-refractivity contribution in [1.29, 1.82) is 0 Å². The minimum Gasteiger partial charge on any atom is -0.489 e. The van der Waals surface area contributed by atoms with Crippen molar-refractivity contribution in [3.63, 3.8) is 0 Å². The van der Waals surface area contributed by atoms with Gasteiger partial charge in [0, 0.05) is 12.2 Å². The molecule has 0 spiro atoms. The first-order chi connectivity index (χ1) is 13.5. The first kappa shape index (κ1) is 23.4. The van der Waals surface area contributed by atoms with Gasteiger partial charge in [0.05, 0.1) is 0 Å². The Morgan fingerprint density at radius 2 is 1.82 bits per heavy atom. The molecule has 0 radical (unpaired) electrons. The van der Waals surface area contributed by atoms with Crippen LogP contribution in [0.25, 0.3) is 0 Å². The molecule has 0 saturated heterocycles. The highest BCUT2D eigenvalue weighted by molar-refractivity contribution is 6.02. The molecule has 2 aromatic rings. The molecule has 1 heterocycles. The smallest absolute Gasteiger partial charge is 0.250 e. The lowest BCUT2D eigenvalue weighted by atomic mass is 10.1. The predicted octanol–water partition coefficient (Wildman–Crippen LogP) is 6.31. The first-order valence-corrected chi connectivity index (χ1v) is 9.94. The van der Waals surface area contributed by atoms with Gasteiger partial charge < -0.3 is 9.64 Å². The molecule has 4 heteroatoms. The number of benzene rings is 2. The SMILES string of the molecule is C=CC(=O)N1CCc2cc(OCc3cccc(F)c3)ccc21.CCC.CCC. The zero-order chi connectivity index (χ0) is 20.9. The Hall–Kier alpha value is -2.62. The van der Waals surface area contributed by atoms with E-state index in [1.54, 1.807) is 11.0 Å². The van der Waals surface area contributed by atoms with Gasteiger partial charge in [0.2, 0.25) is 5.91 Å². The van der Waals surface area contributed by atoms with E-state index in [0.717, 1.165) is 29.0 Å². The number of fused-ring (bicyclic) bond motifs is 1. The number of anilines is 1. The third kappa shape index (κ3) is 7.18. The normalized spacial score (nSPS) is 11.4. The first-order valence-electron chi connectivity index (χ1n) is 9.94. The Balaban J connectivity index is 0.000000582. The van der Waals surface area contributed by atoms with Gasteiger partial charge in [-0.2, -0.15) is 0 Å². The number of carbonyl (C=O) groups is 1. The highest BCUT2D eigenvalue weighted by Gasteiger charge is 2.23. The third-order valence-electron chi connectivity index (χ3n) is 3.68. The van der Waals surface area contributed by atoms with Crippen LogP contribution in [0.3, 0.4) is 0 Å². The van der Waals surface area contributed by atoms with Gasteiger partial charge in [-0.25, -0.2) is 4.39 Å². The van der Waals surface area contributed by atoms with Crippen molar-refractivity contribution in [2.75, 3.05) is 11.4 Å². The molecule has 0 N–H and O–H groups in total. The summed E-state index contributed by atoms with van der Waals surface area (Å²) in [6.07, 6.45) is 4.62. The fourth-order valence-corrected chi connectivity index (χ4v) is 2.60. The number of amides is 1. The maximum atomic E-state index is 13.1. The number of hydrogen-bond acceptors (Lipinski definition) is 2. The summed E-state index contributed by atoms with van der Waals surface area (Å²) in [5, 5.41) is 0. The van der Waals surface area contributed by atoms with Crippen LogP contribution in [0.4, 0.5) is 10.1 Å². The van der Waals surface area contributed by atoms with E-state index in [1.807, 2.05) is 24.3 Å². The zero-order valence-electron chi connectivity index (χ0n) is 17.5. The van der Waals surface area contributed by atoms with Gasteiger partial charge in [-0.15, -0.1) is 0 Å². The lowest BCUT2D eigenvalue weighted by Crippen LogP contribution is -2.26. The summed E-state index contributed by atoms with van der Waals surface area (Å²) in [5.41, 5.74) is 2.76. The number of carbonyl (C=O) groups excluding carboxylic acids is 1. The lowest BCUT2D eigenvalue weighted by molar-refractivity contribution is -0.114. The number of nitrogens with zero attached hydrogens (tertiary/aromatic N) is 1. The molecule has 1 aliphatic heterocycles. The molecule has 0 unspecified atom stereocenters. The van der Waals surface area contributed by atoms with Gasteiger partial charge in [0.15, 0.2) is 0 Å². The third-order valence-corrected chi connectivity index (χ3v) is 3.68. The fraction of sp³-hybridized carbons (Fsp3) is 0.375. The number of hydrogen-bond donors (Lipinski definition) is 0. The van der Waals surface area contributed by atoms with E-state index in [0.29, 0.717) is 13.2 Å². The van der Waals surface area contributed by atoms with E-state index >= 15 is 0 Å². The van der Waals surface area contributed by atoms with Gasteiger partial charge >= 0.3 is 0 Å². The monoisotopic (exact) mass is 385 g/mol. The minimum absolute atomic E-state index is 0.0906. The van der Waals surface area contributed by atoms with Crippen molar-refractivity contribution in [1.82, 2.24) is 0 Å². The summed E-state index contributed by atoms with van der Waals surface area (Å²) < 4.78 is 18.8. The van der Waals surface area contributed by atoms with Crippen molar-refractivity contribution in [2.45, 2.75) is 53.6 Å². The lowest BCUT2D eigenvalue weighted by Gasteiger charge is -2.15. The van der Waals surface area contributed by atoms with Crippen LogP contribution in [0.1, 0.15) is 51.7 Å². The number of halogens is 1. The molecule has 2 aromatic carbocycles. The van der Waals surface area contributed by atoms with Crippen molar-refractivity contribution in [3.05, 3.63) is 72.1 Å². The highest BCUT2D eigenvalue weighted by Crippen LogP contribution is 2.31. The molecule has 28 heavy (non-hydrogen) atoms. The minimum atomic E-state index is -0.270. The number of rotatable bonds is 4. The second-order valence-corrected chi connectivity index (χ2v) is 6.57. The van der Waals surface area contributed by atoms with Crippen LogP contribution in [0.15, 0.2) is 55.1 Å². The van der Waals surface area contributed by atoms with Gasteiger partial charge in [-0.05, 0) is 54.0 Å². The summed E-state index contributed by atoms with van der Waals surface area (Å²) in [7, 11) is 0. The van der Waals surface area contributed by atoms with E-state index in [9.17, 15) is 9.18 Å². The largest absolute Gasteiger partial charge is 0.489 e. The average molecular weight is 386 g/mol. The average Bonchev–Trinajstić information content (AvgIpc) is 3.10. The maximum absolute atomic E-state index is 13.1. The molecule has 1 aliphatic rings. The summed E-state index contributed by atoms with van der Waals surface area (Å²) in [5.74, 6) is 0.358. The van der Waals surface area contributed by atoms with E-state index in [1.165, 1.54) is 31.1 Å². The highest BCUT2D eigenvalue weighted by atomic mass is 19.1. The molecule has 1 amide bonds. The van der Waals surface area contributed by atoms with Crippen LogP contribution in [-0.4, -0.2) is 12.5 Å². The molecule has 0 bridgehead atoms. The molecule has 0 aliphatic carbocycles. The molecular formula is C24H32FNO2. The molecule has 0 saturated carbocycles. The van der Waals surface area contributed by atoms with Gasteiger partial charge in [0.25, 0.3) is 0 Å². The number of ether oxygens (including phenoxy) is 1. The van der Waals surface area contributed by atoms with Crippen molar-refractivity contribution in [2.24, 2.45) is 0 Å². The Bertz CT molecular complexity index is 756. The van der Waals surface area contributed by atoms with Crippen molar-refractivity contribution >= 4 is 11.6 Å². The van der Waals surface area contributed by atoms with Gasteiger partial charge in [0.1, 0.15) is 18.2 Å². The molecule has 0 aromatic heterocycles. The van der Waals surface area contributed by atoms with Crippen LogP contribution in [-0.2, 0) is 17.8 Å². The van der Waals surface area contributed by atoms with Gasteiger partial charge in [-0.1, -0.05) is 59.2 Å². The molecule has 152 valence electrons. The van der Waals surface area contributed by atoms with Gasteiger partial charge in [-0.3, -0.25) is 4.79 Å². The van der Waals surface area contributed by atoms with Crippen molar-refractivity contribution in [3.8, 4) is 5.75 Å². The van der Waals surface area contributed by atoms with Crippen LogP contribution in [0.2, 0.25) is 0 Å². The van der Waals surface area contributed by atoms with E-state index in [-0.39, 0.29) is 11.7 Å². The maximum Gasteiger partial charge on any atom is 0.250 e. The van der Waals surface area contributed by atoms with E-state index < -0.39 is 0 Å². The predicted molar refractivity (Wildman–Crippen MR) is 115 cm³/mol. The molecule has 3 rings (SSSR count). The second kappa shape index (κ2) is 12.7. The van der Waals surface area contributed by atoms with E-state index in [2.05, 4.69) is 34.3 Å². The van der Waals surface area contributed by atoms with Crippen LogP contribution in [0, 0.1) is 5.82 Å². The second-order valence-electron chi connectivity index (χ2n) is 6.57. The standard InChI is InChI=1S/C18H16FNO2.2C3H8/c1-2-18(21)20-9-8-14-11-16(6-7-17(14)20)22-12-13-4-3-5-15(19)10-13;2*1-3-2/h2-7,10-11H,1,8-9,12H2;2*3H2,1-2H3. The van der Waals surface area contributed by atoms with E-state index in [4.69, 9.17) is 4.74 Å². The Kier molecular flexibility index (Phi) is 10.6. The Labute approximate surface area is 168 Å². The van der Waals surface area contributed by atoms with Crippen LogP contribution < -0.4 is 9.64 Å². The summed E-state index contributed by atoms with van der Waals surface area (Å²) in [6.45, 7) is 13.0. The quantitative estimate of drug-likeness (QED) is 0.577. The topological polar surface area (TPSA) is 29.5 Å². The molecule has 0 atom stereocenters. The van der Waals surface area contributed by atoms with Crippen LogP contribution in [0.5, 0.6) is 5.75 Å². The van der Waals surface area contributed by atoms with Crippen molar-refractivity contribution < 1.29 is 13.9 Å². The Morgan fingerprint density at radius 1 is 1.14 bits per heavy atom. The molecule has 3 nitrogen and oxygen atoms in total. The molecular weight excluding hydrogens is 353 g/mol.